The zero-order valence-electron chi connectivity index (χ0n) is 14.8. The fourth-order valence-electron chi connectivity index (χ4n) is 3.63. The molecule has 26 heavy (non-hydrogen) atoms. The maximum atomic E-state index is 12.1. The number of carbonyl (C=O) groups is 2. The summed E-state index contributed by atoms with van der Waals surface area (Å²) in [6.07, 6.45) is 3.91. The monoisotopic (exact) mass is 377 g/mol. The van der Waals surface area contributed by atoms with Crippen molar-refractivity contribution in [3.05, 3.63) is 35.9 Å². The molecule has 0 spiro atoms. The molecule has 0 unspecified atom stereocenters. The summed E-state index contributed by atoms with van der Waals surface area (Å²) in [6, 6.07) is 10.0. The second-order valence-corrected chi connectivity index (χ2v) is 8.28. The van der Waals surface area contributed by atoms with Crippen LogP contribution in [0.5, 0.6) is 0 Å². The van der Waals surface area contributed by atoms with Gasteiger partial charge in [0.25, 0.3) is 0 Å². The zero-order chi connectivity index (χ0) is 18.4. The lowest BCUT2D eigenvalue weighted by atomic mass is 10.0. The topological polar surface area (TPSA) is 90.5 Å². The van der Waals surface area contributed by atoms with Crippen molar-refractivity contribution >= 4 is 23.7 Å². The number of thioether (sulfide) groups is 1. The Morgan fingerprint density at radius 1 is 1.27 bits per heavy atom. The predicted octanol–water partition coefficient (Wildman–Crippen LogP) is 1.43. The van der Waals surface area contributed by atoms with Crippen LogP contribution in [-0.2, 0) is 11.2 Å². The summed E-state index contributed by atoms with van der Waals surface area (Å²) in [5, 5.41) is 18.8. The summed E-state index contributed by atoms with van der Waals surface area (Å²) in [7, 11) is 0. The van der Waals surface area contributed by atoms with E-state index in [9.17, 15) is 14.7 Å². The third-order valence-corrected chi connectivity index (χ3v) is 6.50. The molecule has 1 aromatic rings. The Kier molecular flexibility index (Phi) is 6.80. The molecule has 0 saturated carbocycles. The molecule has 3 rings (SSSR count). The van der Waals surface area contributed by atoms with Crippen LogP contribution in [0, 0.1) is 0 Å². The average Bonchev–Trinajstić information content (AvgIpc) is 3.18. The van der Waals surface area contributed by atoms with E-state index in [-0.39, 0.29) is 36.7 Å². The summed E-state index contributed by atoms with van der Waals surface area (Å²) in [4.78, 5) is 23.5. The molecular weight excluding hydrogens is 350 g/mol. The van der Waals surface area contributed by atoms with Crippen molar-refractivity contribution in [1.82, 2.24) is 16.0 Å². The third kappa shape index (κ3) is 5.14. The van der Waals surface area contributed by atoms with Crippen LogP contribution in [0.4, 0.5) is 4.79 Å². The largest absolute Gasteiger partial charge is 0.394 e. The highest BCUT2D eigenvalue weighted by Gasteiger charge is 2.42. The number of rotatable bonds is 9. The third-order valence-electron chi connectivity index (χ3n) is 4.99. The van der Waals surface area contributed by atoms with Crippen LogP contribution < -0.4 is 16.0 Å². The normalized spacial score (nSPS) is 25.3. The smallest absolute Gasteiger partial charge is 0.315 e. The van der Waals surface area contributed by atoms with Gasteiger partial charge in [0.2, 0.25) is 5.91 Å². The van der Waals surface area contributed by atoms with E-state index in [1.54, 1.807) is 0 Å². The molecule has 1 aromatic carbocycles. The summed E-state index contributed by atoms with van der Waals surface area (Å²) < 4.78 is 0. The van der Waals surface area contributed by atoms with Gasteiger partial charge in [-0.25, -0.2) is 4.79 Å². The second kappa shape index (κ2) is 9.28. The molecule has 3 amide bonds. The molecule has 2 aliphatic rings. The van der Waals surface area contributed by atoms with Crippen molar-refractivity contribution in [2.45, 2.75) is 55.5 Å². The molecule has 7 heteroatoms. The van der Waals surface area contributed by atoms with Crippen molar-refractivity contribution in [3.8, 4) is 0 Å². The first-order valence-corrected chi connectivity index (χ1v) is 10.3. The Morgan fingerprint density at radius 2 is 2.08 bits per heavy atom. The molecule has 4 N–H and O–H groups in total. The van der Waals surface area contributed by atoms with Gasteiger partial charge in [0.1, 0.15) is 0 Å². The molecule has 0 radical (unpaired) electrons. The van der Waals surface area contributed by atoms with E-state index in [0.29, 0.717) is 18.1 Å². The van der Waals surface area contributed by atoms with Gasteiger partial charge in [-0.15, -0.1) is 0 Å². The van der Waals surface area contributed by atoms with Gasteiger partial charge >= 0.3 is 6.03 Å². The lowest BCUT2D eigenvalue weighted by Gasteiger charge is -2.18. The lowest BCUT2D eigenvalue weighted by molar-refractivity contribution is -0.122. The van der Waals surface area contributed by atoms with E-state index in [0.717, 1.165) is 30.6 Å². The lowest BCUT2D eigenvalue weighted by Crippen LogP contribution is -2.39. The molecule has 4 atom stereocenters. The van der Waals surface area contributed by atoms with E-state index in [1.807, 2.05) is 42.1 Å². The molecular formula is C19H27N3O3S. The van der Waals surface area contributed by atoms with E-state index < -0.39 is 0 Å². The Bertz CT molecular complexity index is 613. The van der Waals surface area contributed by atoms with Crippen LogP contribution in [0.1, 0.15) is 31.2 Å². The first kappa shape index (κ1) is 19.0. The number of hydrogen-bond donors (Lipinski definition) is 4. The summed E-state index contributed by atoms with van der Waals surface area (Å²) in [6.45, 7) is -0.0604. The van der Waals surface area contributed by atoms with Gasteiger partial charge in [0, 0.05) is 17.4 Å². The van der Waals surface area contributed by atoms with Crippen LogP contribution in [0.3, 0.4) is 0 Å². The molecule has 0 aromatic heterocycles. The minimum Gasteiger partial charge on any atom is -0.394 e. The number of unbranched alkanes of at least 4 members (excludes halogenated alkanes) is 1. The molecule has 0 aliphatic carbocycles. The van der Waals surface area contributed by atoms with Gasteiger partial charge in [-0.2, -0.15) is 11.8 Å². The number of benzene rings is 1. The highest BCUT2D eigenvalue weighted by molar-refractivity contribution is 8.00. The quantitative estimate of drug-likeness (QED) is 0.387. The molecule has 2 aliphatic heterocycles. The molecule has 6 nitrogen and oxygen atoms in total. The van der Waals surface area contributed by atoms with Crippen LogP contribution in [-0.4, -0.2) is 52.8 Å². The minimum atomic E-state index is -0.240. The number of amides is 3. The maximum absolute atomic E-state index is 12.1. The van der Waals surface area contributed by atoms with Gasteiger partial charge in [-0.1, -0.05) is 36.8 Å². The van der Waals surface area contributed by atoms with Crippen molar-refractivity contribution in [3.63, 3.8) is 0 Å². The number of urea groups is 1. The number of nitrogens with one attached hydrogen (secondary N) is 3. The average molecular weight is 378 g/mol. The van der Waals surface area contributed by atoms with Gasteiger partial charge in [-0.05, 0) is 24.8 Å². The van der Waals surface area contributed by atoms with Gasteiger partial charge in [0.05, 0.1) is 24.7 Å². The van der Waals surface area contributed by atoms with Crippen molar-refractivity contribution in [1.29, 1.82) is 0 Å². The van der Waals surface area contributed by atoms with E-state index in [4.69, 9.17) is 0 Å². The van der Waals surface area contributed by atoms with Gasteiger partial charge < -0.3 is 21.1 Å². The van der Waals surface area contributed by atoms with E-state index in [1.165, 1.54) is 0 Å². The second-order valence-electron chi connectivity index (χ2n) is 7.00. The van der Waals surface area contributed by atoms with Crippen molar-refractivity contribution < 1.29 is 14.7 Å². The molecule has 2 heterocycles. The van der Waals surface area contributed by atoms with Gasteiger partial charge in [0.15, 0.2) is 0 Å². The molecule has 142 valence electrons. The summed E-state index contributed by atoms with van der Waals surface area (Å²) >= 11 is 1.90. The first-order chi connectivity index (χ1) is 12.7. The Labute approximate surface area is 158 Å². The number of hydrogen-bond acceptors (Lipinski definition) is 4. The number of aliphatic hydroxyl groups is 1. The van der Waals surface area contributed by atoms with Crippen molar-refractivity contribution in [2.75, 3.05) is 12.4 Å². The maximum Gasteiger partial charge on any atom is 0.315 e. The highest BCUT2D eigenvalue weighted by atomic mass is 32.2. The SMILES string of the molecule is O=C(CCCC[C@@H]1SC[C@@H]2NC(=O)N[C@H]21)N[C@@H](CO)Cc1ccccc1. The molecule has 0 bridgehead atoms. The van der Waals surface area contributed by atoms with E-state index in [2.05, 4.69) is 16.0 Å². The molecule has 2 fully saturated rings. The fraction of sp³-hybridized carbons (Fsp3) is 0.579. The minimum absolute atomic E-state index is 0.00670. The predicted molar refractivity (Wildman–Crippen MR) is 103 cm³/mol. The Balaban J connectivity index is 1.33. The number of aliphatic hydroxyl groups excluding tert-OH is 1. The van der Waals surface area contributed by atoms with Gasteiger partial charge in [-0.3, -0.25) is 4.79 Å². The van der Waals surface area contributed by atoms with Crippen LogP contribution in [0.2, 0.25) is 0 Å². The zero-order valence-corrected chi connectivity index (χ0v) is 15.6. The standard InChI is InChI=1S/C19H27N3O3S/c23-11-14(10-13-6-2-1-3-7-13)20-17(24)9-5-4-8-16-18-15(12-26-16)21-19(25)22-18/h1-3,6-7,14-16,18,23H,4-5,8-12H2,(H,20,24)(H2,21,22,25)/t14-,15+,16+,18-/m1/s1. The van der Waals surface area contributed by atoms with E-state index >= 15 is 0 Å². The first-order valence-electron chi connectivity index (χ1n) is 9.28. The highest BCUT2D eigenvalue weighted by Crippen LogP contribution is 2.33. The van der Waals surface area contributed by atoms with Crippen LogP contribution in [0.25, 0.3) is 0 Å². The van der Waals surface area contributed by atoms with Crippen LogP contribution in [0.15, 0.2) is 30.3 Å². The Morgan fingerprint density at radius 3 is 2.85 bits per heavy atom. The molecule has 2 saturated heterocycles. The summed E-state index contributed by atoms with van der Waals surface area (Å²) in [5.41, 5.74) is 1.10. The number of carbonyl (C=O) groups excluding carboxylic acids is 2. The number of fused-ring (bicyclic) bond motifs is 1. The fourth-order valence-corrected chi connectivity index (χ4v) is 5.18. The Hall–Kier alpha value is -1.73. The van der Waals surface area contributed by atoms with Crippen LogP contribution >= 0.6 is 11.8 Å². The van der Waals surface area contributed by atoms with Crippen molar-refractivity contribution in [2.24, 2.45) is 0 Å². The summed E-state index contributed by atoms with van der Waals surface area (Å²) in [5.74, 6) is 0.958.